The second-order valence-corrected chi connectivity index (χ2v) is 19.7. The van der Waals surface area contributed by atoms with Gasteiger partial charge in [-0.25, -0.2) is 0 Å². The molecule has 272 valence electrons. The molecule has 2 aliphatic rings. The number of ether oxygens (including phenoxy) is 4. The van der Waals surface area contributed by atoms with E-state index in [1.165, 1.54) is 0 Å². The maximum atomic E-state index is 16.4. The molecule has 0 aliphatic heterocycles. The molecule has 8 nitrogen and oxygen atoms in total. The van der Waals surface area contributed by atoms with Crippen molar-refractivity contribution in [1.29, 1.82) is 0 Å². The van der Waals surface area contributed by atoms with E-state index in [9.17, 15) is 10.2 Å². The fourth-order valence-electron chi connectivity index (χ4n) is 8.97. The van der Waals surface area contributed by atoms with Crippen LogP contribution < -0.4 is 40.2 Å². The molecule has 6 rings (SSSR count). The molecule has 2 unspecified atom stereocenters. The number of hydrogen-bond acceptors (Lipinski definition) is 8. The molecule has 0 bridgehead atoms. The average Bonchev–Trinajstić information content (AvgIpc) is 3.17. The molecule has 10 heteroatoms. The third-order valence-electron chi connectivity index (χ3n) is 11.4. The van der Waals surface area contributed by atoms with E-state index in [4.69, 9.17) is 18.9 Å². The van der Waals surface area contributed by atoms with Crippen LogP contribution in [0.1, 0.15) is 44.9 Å². The average molecular weight is 733 g/mol. The number of rotatable bonds is 12. The minimum absolute atomic E-state index is 0.000759. The Morgan fingerprint density at radius 3 is 1.12 bits per heavy atom. The van der Waals surface area contributed by atoms with Gasteiger partial charge in [0.1, 0.15) is 23.0 Å². The van der Waals surface area contributed by atoms with Crippen molar-refractivity contribution >= 4 is 35.5 Å². The molecule has 4 aromatic carbocycles. The van der Waals surface area contributed by atoms with Crippen molar-refractivity contribution in [2.24, 2.45) is 10.8 Å². The molecule has 2 saturated carbocycles. The summed E-state index contributed by atoms with van der Waals surface area (Å²) >= 11 is 0. The first kappa shape index (κ1) is 37.2. The third kappa shape index (κ3) is 6.77. The van der Waals surface area contributed by atoms with Crippen LogP contribution in [0.4, 0.5) is 0 Å². The monoisotopic (exact) mass is 732 g/mol. The minimum atomic E-state index is -3.73. The second kappa shape index (κ2) is 15.2. The maximum absolute atomic E-state index is 16.4. The lowest BCUT2D eigenvalue weighted by Gasteiger charge is -2.55. The smallest absolute Gasteiger partial charge is 0.151 e. The fraction of sp³-hybridized carbons (Fsp3) is 0.415. The van der Waals surface area contributed by atoms with Gasteiger partial charge in [0.05, 0.1) is 61.9 Å². The minimum Gasteiger partial charge on any atom is -0.496 e. The van der Waals surface area contributed by atoms with E-state index in [2.05, 4.69) is 0 Å². The zero-order chi connectivity index (χ0) is 36.3. The van der Waals surface area contributed by atoms with Gasteiger partial charge in [0.25, 0.3) is 0 Å². The highest BCUT2D eigenvalue weighted by molar-refractivity contribution is 7.80. The van der Waals surface area contributed by atoms with Crippen molar-refractivity contribution in [3.8, 4) is 23.0 Å². The summed E-state index contributed by atoms with van der Waals surface area (Å²) in [5, 5.41) is 26.7. The van der Waals surface area contributed by atoms with Gasteiger partial charge in [0.2, 0.25) is 0 Å². The van der Waals surface area contributed by atoms with Gasteiger partial charge in [0, 0.05) is 17.7 Å². The van der Waals surface area contributed by atoms with E-state index in [1.807, 2.05) is 72.8 Å². The summed E-state index contributed by atoms with van der Waals surface area (Å²) in [6.07, 6.45) is 2.89. The van der Waals surface area contributed by atoms with Crippen molar-refractivity contribution in [2.45, 2.75) is 57.2 Å². The molecule has 0 radical (unpaired) electrons. The van der Waals surface area contributed by atoms with Gasteiger partial charge in [0.15, 0.2) is 14.3 Å². The van der Waals surface area contributed by atoms with Crippen LogP contribution in [-0.2, 0) is 9.13 Å². The molecular formula is C41H50O8P2. The number of hydrogen-bond donors (Lipinski definition) is 2. The summed E-state index contributed by atoms with van der Waals surface area (Å²) in [5.41, 5.74) is -1.78. The number of aliphatic hydroxyl groups excluding tert-OH is 2. The molecule has 0 aromatic heterocycles. The van der Waals surface area contributed by atoms with Crippen LogP contribution in [0.15, 0.2) is 97.1 Å². The van der Waals surface area contributed by atoms with E-state index < -0.39 is 37.3 Å². The van der Waals surface area contributed by atoms with Crippen molar-refractivity contribution < 1.29 is 38.3 Å². The summed E-state index contributed by atoms with van der Waals surface area (Å²) in [4.78, 5) is 0. The maximum Gasteiger partial charge on any atom is 0.151 e. The number of benzene rings is 4. The predicted molar refractivity (Wildman–Crippen MR) is 205 cm³/mol. The quantitative estimate of drug-likeness (QED) is 0.159. The predicted octanol–water partition coefficient (Wildman–Crippen LogP) is 6.50. The van der Waals surface area contributed by atoms with E-state index in [-0.39, 0.29) is 25.2 Å². The second-order valence-electron chi connectivity index (χ2n) is 14.2. The molecule has 2 atom stereocenters. The van der Waals surface area contributed by atoms with Gasteiger partial charge in [-0.15, -0.1) is 0 Å². The lowest BCUT2D eigenvalue weighted by atomic mass is 9.56. The summed E-state index contributed by atoms with van der Waals surface area (Å²) in [6.45, 7) is 0. The Labute approximate surface area is 301 Å². The number of para-hydroxylation sites is 4. The third-order valence-corrected chi connectivity index (χ3v) is 18.2. The molecule has 0 amide bonds. The van der Waals surface area contributed by atoms with E-state index >= 15 is 9.13 Å². The zero-order valence-electron chi connectivity index (χ0n) is 30.0. The Morgan fingerprint density at radius 2 is 0.824 bits per heavy atom. The van der Waals surface area contributed by atoms with E-state index in [0.717, 1.165) is 19.3 Å². The first-order valence-corrected chi connectivity index (χ1v) is 21.5. The number of aliphatic hydroxyl groups is 2. The van der Waals surface area contributed by atoms with E-state index in [0.29, 0.717) is 57.1 Å². The topological polar surface area (TPSA) is 112 Å². The molecule has 2 fully saturated rings. The molecule has 2 aliphatic carbocycles. The fourth-order valence-corrected chi connectivity index (χ4v) is 16.4. The van der Waals surface area contributed by atoms with Crippen LogP contribution in [0.5, 0.6) is 23.0 Å². The lowest BCUT2D eigenvalue weighted by Crippen LogP contribution is -2.57. The van der Waals surface area contributed by atoms with Gasteiger partial charge < -0.3 is 38.3 Å². The molecule has 2 N–H and O–H groups in total. The van der Waals surface area contributed by atoms with Crippen molar-refractivity contribution in [1.82, 2.24) is 0 Å². The Kier molecular flexibility index (Phi) is 11.1. The zero-order valence-corrected chi connectivity index (χ0v) is 31.8. The van der Waals surface area contributed by atoms with Crippen LogP contribution in [-0.4, -0.2) is 63.2 Å². The first-order chi connectivity index (χ1) is 24.6. The summed E-state index contributed by atoms with van der Waals surface area (Å²) in [5.74, 6) is 1.83. The summed E-state index contributed by atoms with van der Waals surface area (Å²) in [6, 6.07) is 29.1. The highest BCUT2D eigenvalue weighted by atomic mass is 31.2. The van der Waals surface area contributed by atoms with Gasteiger partial charge >= 0.3 is 0 Å². The van der Waals surface area contributed by atoms with E-state index in [1.54, 1.807) is 52.7 Å². The van der Waals surface area contributed by atoms with Crippen molar-refractivity contribution in [3.63, 3.8) is 0 Å². The van der Waals surface area contributed by atoms with Crippen molar-refractivity contribution in [2.75, 3.05) is 40.8 Å². The van der Waals surface area contributed by atoms with Gasteiger partial charge in [-0.05, 0) is 79.6 Å². The molecule has 4 aromatic rings. The number of methoxy groups -OCH3 is 4. The van der Waals surface area contributed by atoms with Crippen LogP contribution in [0, 0.1) is 10.8 Å². The van der Waals surface area contributed by atoms with Crippen LogP contribution in [0.3, 0.4) is 0 Å². The Hall–Kier alpha value is -3.54. The van der Waals surface area contributed by atoms with Crippen LogP contribution in [0.25, 0.3) is 0 Å². The molecule has 1 spiro atoms. The standard InChI is InChI=1S/C41H50O8P2/c1-46-30-16-6-10-20-34(30)50(44,35-21-11-7-17-31(35)47-2)28-40(26-38(42)41(39(43)27-40)24-14-5-15-25-41)29-51(45,36-22-12-8-18-32(36)48-3)37-23-13-9-19-33(37)49-4/h6-13,16-23,38-39,42-43H,5,14-15,24-29H2,1-4H3. The lowest BCUT2D eigenvalue weighted by molar-refractivity contribution is -0.148. The van der Waals surface area contributed by atoms with Crippen molar-refractivity contribution in [3.05, 3.63) is 97.1 Å². The Morgan fingerprint density at radius 1 is 0.529 bits per heavy atom. The van der Waals surface area contributed by atoms with Crippen LogP contribution in [0.2, 0.25) is 0 Å². The Balaban J connectivity index is 1.63. The molecule has 51 heavy (non-hydrogen) atoms. The highest BCUT2D eigenvalue weighted by Gasteiger charge is 2.58. The largest absolute Gasteiger partial charge is 0.496 e. The van der Waals surface area contributed by atoms with Gasteiger partial charge in [-0.2, -0.15) is 0 Å². The summed E-state index contributed by atoms with van der Waals surface area (Å²) < 4.78 is 56.1. The molecule has 0 heterocycles. The molecule has 0 saturated heterocycles. The highest BCUT2D eigenvalue weighted by Crippen LogP contribution is 2.64. The van der Waals surface area contributed by atoms with Gasteiger partial charge in [-0.3, -0.25) is 0 Å². The molecular weight excluding hydrogens is 682 g/mol. The summed E-state index contributed by atoms with van der Waals surface area (Å²) in [7, 11) is -1.25. The van der Waals surface area contributed by atoms with Gasteiger partial charge in [-0.1, -0.05) is 67.8 Å². The normalized spacial score (nSPS) is 20.0. The Bertz CT molecular complexity index is 1690. The van der Waals surface area contributed by atoms with Crippen LogP contribution >= 0.6 is 14.3 Å². The first-order valence-electron chi connectivity index (χ1n) is 17.7. The SMILES string of the molecule is COc1ccccc1P(=O)(CC1(CP(=O)(c2ccccc2OC)c2ccccc2OC)CC(O)C2(CCCCC2)C(O)C1)c1ccccc1OC.